The summed E-state index contributed by atoms with van der Waals surface area (Å²) in [5, 5.41) is 25.8. The van der Waals surface area contributed by atoms with Crippen LogP contribution in [0.25, 0.3) is 11.2 Å². The number of nitrogen functional groups attached to an aromatic ring is 1. The summed E-state index contributed by atoms with van der Waals surface area (Å²) >= 11 is -1.23. The molecule has 312 valence electrons. The number of fused-ring (bicyclic) bond motifs is 1. The maximum absolute atomic E-state index is 12.6. The fourth-order valence-electron chi connectivity index (χ4n) is 4.54. The molecule has 1 aliphatic rings. The number of ether oxygens (including phenoxy) is 1. The molecule has 2 amide bonds. The van der Waals surface area contributed by atoms with E-state index in [1.807, 2.05) is 0 Å². The Morgan fingerprint density at radius 2 is 1.75 bits per heavy atom. The van der Waals surface area contributed by atoms with Crippen LogP contribution in [0.5, 0.6) is 0 Å². The highest BCUT2D eigenvalue weighted by Crippen LogP contribution is 2.61. The van der Waals surface area contributed by atoms with Gasteiger partial charge in [-0.3, -0.25) is 32.5 Å². The number of hydrogen-bond acceptors (Lipinski definition) is 19. The zero-order chi connectivity index (χ0) is 41.4. The molecular weight excluding hydrogens is 847 g/mol. The average molecular weight is 888 g/mol. The number of thioether (sulfide) groups is 1. The Morgan fingerprint density at radius 3 is 2.40 bits per heavy atom. The van der Waals surface area contributed by atoms with Crippen molar-refractivity contribution in [1.29, 1.82) is 0 Å². The van der Waals surface area contributed by atoms with Crippen molar-refractivity contribution < 1.29 is 89.2 Å². The van der Waals surface area contributed by atoms with Crippen molar-refractivity contribution in [3.63, 3.8) is 0 Å². The highest BCUT2D eigenvalue weighted by atomic mass is 32.2. The Bertz CT molecular complexity index is 1850. The Labute approximate surface area is 318 Å². The summed E-state index contributed by atoms with van der Waals surface area (Å²) in [7, 11) is -16.4. The Hall–Kier alpha value is -2.33. The van der Waals surface area contributed by atoms with Gasteiger partial charge in [-0.25, -0.2) is 32.9 Å². The molecule has 11 N–H and O–H groups in total. The summed E-state index contributed by atoms with van der Waals surface area (Å²) in [6.07, 6.45) is -7.18. The van der Waals surface area contributed by atoms with Crippen molar-refractivity contribution in [3.05, 3.63) is 12.7 Å². The first-order valence-electron chi connectivity index (χ1n) is 15.5. The number of hydrogen-bond donors (Lipinski definition) is 10. The highest BCUT2D eigenvalue weighted by Gasteiger charge is 2.50. The van der Waals surface area contributed by atoms with E-state index in [0.29, 0.717) is 0 Å². The number of carbonyl (C=O) groups excluding carboxylic acids is 3. The fraction of sp³-hybridized carbons (Fsp3) is 0.667. The predicted octanol–water partition coefficient (Wildman–Crippen LogP) is -1.72. The smallest absolute Gasteiger partial charge is 0.386 e. The van der Waals surface area contributed by atoms with Gasteiger partial charge in [0.05, 0.1) is 25.3 Å². The van der Waals surface area contributed by atoms with Crippen molar-refractivity contribution in [3.8, 4) is 0 Å². The van der Waals surface area contributed by atoms with E-state index in [4.69, 9.17) is 24.1 Å². The molecule has 55 heavy (non-hydrogen) atoms. The predicted molar refractivity (Wildman–Crippen MR) is 187 cm³/mol. The normalized spacial score (nSPS) is 22.4. The van der Waals surface area contributed by atoms with Crippen LogP contribution >= 0.6 is 35.2 Å². The number of imidazole rings is 1. The van der Waals surface area contributed by atoms with E-state index >= 15 is 0 Å². The molecule has 3 rings (SSSR count). The fourth-order valence-corrected chi connectivity index (χ4v) is 8.53. The van der Waals surface area contributed by atoms with Crippen molar-refractivity contribution in [1.82, 2.24) is 30.2 Å². The summed E-state index contributed by atoms with van der Waals surface area (Å²) in [6, 6.07) is 0. The molecule has 3 heterocycles. The van der Waals surface area contributed by atoms with E-state index < -0.39 is 95.6 Å². The molecule has 31 heteroatoms. The minimum absolute atomic E-state index is 0.0203. The molecular formula is C24H40N7O19P3S2. The van der Waals surface area contributed by atoms with Crippen LogP contribution in [0.3, 0.4) is 0 Å². The van der Waals surface area contributed by atoms with Gasteiger partial charge in [-0.1, -0.05) is 25.6 Å². The maximum atomic E-state index is 12.6. The summed E-state index contributed by atoms with van der Waals surface area (Å²) in [4.78, 5) is 86.9. The van der Waals surface area contributed by atoms with E-state index in [0.717, 1.165) is 29.0 Å². The first-order chi connectivity index (χ1) is 25.4. The summed E-state index contributed by atoms with van der Waals surface area (Å²) < 4.78 is 81.2. The number of amides is 2. The largest absolute Gasteiger partial charge is 0.481 e. The number of aliphatic hydroxyl groups excluding tert-OH is 2. The van der Waals surface area contributed by atoms with Crippen LogP contribution in [-0.2, 0) is 61.8 Å². The number of phosphoric ester groups is 3. The SMILES string of the molecule is CC(C)(COP(=O)(O)OP(=O)(O)OCC1OC(n2cnc3c(N)ncnc32)C(O)C1OP(=O)(O)O)C(O)C(=O)NCCC(=O)NCCSC(=O)CCS(=O)O. The van der Waals surface area contributed by atoms with Gasteiger partial charge in [0.15, 0.2) is 33.9 Å². The second-order valence-corrected chi connectivity index (χ2v) is 18.5. The van der Waals surface area contributed by atoms with Crippen molar-refractivity contribution in [2.24, 2.45) is 5.41 Å². The number of phosphoric acid groups is 3. The van der Waals surface area contributed by atoms with Gasteiger partial charge < -0.3 is 55.4 Å². The summed E-state index contributed by atoms with van der Waals surface area (Å²) in [5.74, 6) is -1.58. The zero-order valence-electron chi connectivity index (χ0n) is 28.8. The summed E-state index contributed by atoms with van der Waals surface area (Å²) in [6.45, 7) is 0.232. The van der Waals surface area contributed by atoms with Crippen molar-refractivity contribution in [2.45, 2.75) is 57.3 Å². The molecule has 0 aromatic carbocycles. The molecule has 0 spiro atoms. The quantitative estimate of drug-likeness (QED) is 0.0357. The first kappa shape index (κ1) is 47.0. The van der Waals surface area contributed by atoms with E-state index in [9.17, 15) is 62.1 Å². The lowest BCUT2D eigenvalue weighted by Crippen LogP contribution is -2.46. The van der Waals surface area contributed by atoms with Gasteiger partial charge in [0.1, 0.15) is 36.3 Å². The van der Waals surface area contributed by atoms with Crippen LogP contribution in [0.15, 0.2) is 12.7 Å². The van der Waals surface area contributed by atoms with Crippen LogP contribution < -0.4 is 16.4 Å². The van der Waals surface area contributed by atoms with Gasteiger partial charge in [0.25, 0.3) is 0 Å². The average Bonchev–Trinajstić information content (AvgIpc) is 3.63. The Morgan fingerprint density at radius 1 is 1.07 bits per heavy atom. The number of carbonyl (C=O) groups is 3. The van der Waals surface area contributed by atoms with Gasteiger partial charge in [-0.05, 0) is 0 Å². The third-order valence-electron chi connectivity index (χ3n) is 7.25. The lowest BCUT2D eigenvalue weighted by molar-refractivity contribution is -0.137. The highest BCUT2D eigenvalue weighted by molar-refractivity contribution is 8.13. The number of nitrogens with zero attached hydrogens (tertiary/aromatic N) is 4. The number of nitrogens with one attached hydrogen (secondary N) is 2. The van der Waals surface area contributed by atoms with Gasteiger partial charge in [-0.2, -0.15) is 4.31 Å². The van der Waals surface area contributed by atoms with E-state index in [1.54, 1.807) is 0 Å². The molecule has 1 saturated heterocycles. The standard InChI is InChI=1S/C24H40N7O19P3S2/c1-24(2,19(35)22(36)27-5-3-14(32)26-6-7-54-15(33)4-8-55(44)45)10-47-53(42,43)50-52(40,41)46-9-13-18(49-51(37,38)39)17(34)23(48-13)31-12-30-16-20(25)28-11-29-21(16)31/h11-13,17-19,23,34-35H,3-10H2,1-2H3,(H,26,32)(H,27,36)(H,40,41)(H,42,43)(H,44,45)(H2,25,28,29)(H2,37,38,39). The van der Waals surface area contributed by atoms with Gasteiger partial charge in [-0.15, -0.1) is 0 Å². The minimum atomic E-state index is -5.58. The van der Waals surface area contributed by atoms with Gasteiger partial charge >= 0.3 is 23.5 Å². The lowest BCUT2D eigenvalue weighted by Gasteiger charge is -2.30. The van der Waals surface area contributed by atoms with Crippen LogP contribution in [0.4, 0.5) is 5.82 Å². The Kier molecular flexibility index (Phi) is 17.0. The molecule has 2 aromatic rings. The monoisotopic (exact) mass is 887 g/mol. The number of anilines is 1. The molecule has 0 bridgehead atoms. The molecule has 26 nitrogen and oxygen atoms in total. The molecule has 0 saturated carbocycles. The van der Waals surface area contributed by atoms with Crippen LogP contribution in [-0.4, -0.2) is 137 Å². The second kappa shape index (κ2) is 19.9. The van der Waals surface area contributed by atoms with Crippen molar-refractivity contribution >= 4 is 80.2 Å². The zero-order valence-corrected chi connectivity index (χ0v) is 33.1. The van der Waals surface area contributed by atoms with E-state index in [2.05, 4.69) is 34.4 Å². The minimum Gasteiger partial charge on any atom is -0.386 e. The molecule has 2 aromatic heterocycles. The van der Waals surface area contributed by atoms with Crippen LogP contribution in [0.2, 0.25) is 0 Å². The Balaban J connectivity index is 1.49. The molecule has 0 radical (unpaired) electrons. The van der Waals surface area contributed by atoms with E-state index in [-0.39, 0.29) is 59.5 Å². The molecule has 8 atom stereocenters. The lowest BCUT2D eigenvalue weighted by atomic mass is 9.87. The maximum Gasteiger partial charge on any atom is 0.481 e. The van der Waals surface area contributed by atoms with Crippen LogP contribution in [0, 0.1) is 5.41 Å². The number of nitrogens with two attached hydrogens (primary N) is 1. The number of aromatic nitrogens is 4. The first-order valence-corrected chi connectivity index (χ1v) is 22.3. The van der Waals surface area contributed by atoms with Crippen LogP contribution in [0.1, 0.15) is 32.9 Å². The topological polar surface area (TPSA) is 401 Å². The van der Waals surface area contributed by atoms with Gasteiger partial charge in [0, 0.05) is 37.1 Å². The molecule has 0 aliphatic carbocycles. The molecule has 1 aliphatic heterocycles. The van der Waals surface area contributed by atoms with Crippen molar-refractivity contribution in [2.75, 3.05) is 43.5 Å². The molecule has 1 fully saturated rings. The van der Waals surface area contributed by atoms with E-state index in [1.165, 1.54) is 13.8 Å². The summed E-state index contributed by atoms with van der Waals surface area (Å²) in [5.41, 5.74) is 4.20. The number of rotatable bonds is 22. The second-order valence-electron chi connectivity index (χ2n) is 12.1. The molecule has 8 unspecified atom stereocenters. The number of aliphatic hydroxyl groups is 2. The third kappa shape index (κ3) is 14.8. The van der Waals surface area contributed by atoms with Gasteiger partial charge in [0.2, 0.25) is 11.8 Å². The third-order valence-corrected chi connectivity index (χ3v) is 11.8.